The van der Waals surface area contributed by atoms with Crippen LogP contribution in [0.5, 0.6) is 0 Å². The smallest absolute Gasteiger partial charge is 0.266 e. The molecule has 0 aliphatic carbocycles. The second kappa shape index (κ2) is 11.7. The summed E-state index contributed by atoms with van der Waals surface area (Å²) in [5.74, 6) is -0.619. The van der Waals surface area contributed by atoms with E-state index in [1.54, 1.807) is 12.1 Å². The van der Waals surface area contributed by atoms with E-state index in [0.29, 0.717) is 82.9 Å². The Balaban J connectivity index is 1.65. The highest BCUT2D eigenvalue weighted by molar-refractivity contribution is 6.35. The van der Waals surface area contributed by atoms with Crippen molar-refractivity contribution in [1.29, 1.82) is 0 Å². The number of fused-ring (bicyclic) bond motifs is 2. The topological polar surface area (TPSA) is 83.5 Å². The SMILES string of the molecule is Cc1c2c(c(C)c3c1C(=O)N(c1ccccc1)C3=O)COCCOCCOCCOCCOC2. The fourth-order valence-corrected chi connectivity index (χ4v) is 4.31. The molecule has 4 rings (SSSR count). The number of benzene rings is 2. The molecule has 0 aromatic heterocycles. The number of hydrogen-bond acceptors (Lipinski definition) is 7. The minimum Gasteiger partial charge on any atom is -0.377 e. The van der Waals surface area contributed by atoms with E-state index in [9.17, 15) is 9.59 Å². The monoisotopic (exact) mass is 469 g/mol. The highest BCUT2D eigenvalue weighted by atomic mass is 16.6. The quantitative estimate of drug-likeness (QED) is 0.593. The van der Waals surface area contributed by atoms with Gasteiger partial charge in [-0.1, -0.05) is 18.2 Å². The average Bonchev–Trinajstić information content (AvgIpc) is 3.11. The Hall–Kier alpha value is -2.62. The summed E-state index contributed by atoms with van der Waals surface area (Å²) >= 11 is 0. The van der Waals surface area contributed by atoms with Gasteiger partial charge in [-0.05, 0) is 48.2 Å². The predicted molar refractivity (Wildman–Crippen MR) is 125 cm³/mol. The van der Waals surface area contributed by atoms with Crippen molar-refractivity contribution in [3.8, 4) is 0 Å². The van der Waals surface area contributed by atoms with E-state index < -0.39 is 0 Å². The molecule has 0 radical (unpaired) electrons. The van der Waals surface area contributed by atoms with Gasteiger partial charge in [0.2, 0.25) is 0 Å². The number of amides is 2. The Labute approximate surface area is 199 Å². The fourth-order valence-electron chi connectivity index (χ4n) is 4.31. The summed E-state index contributed by atoms with van der Waals surface area (Å²) < 4.78 is 28.3. The molecule has 182 valence electrons. The first-order valence-corrected chi connectivity index (χ1v) is 11.6. The molecule has 0 fully saturated rings. The van der Waals surface area contributed by atoms with Gasteiger partial charge < -0.3 is 23.7 Å². The van der Waals surface area contributed by atoms with Gasteiger partial charge in [0, 0.05) is 0 Å². The lowest BCUT2D eigenvalue weighted by molar-refractivity contribution is -0.0117. The third-order valence-corrected chi connectivity index (χ3v) is 6.10. The van der Waals surface area contributed by atoms with Gasteiger partial charge in [-0.2, -0.15) is 0 Å². The number of anilines is 1. The summed E-state index contributed by atoms with van der Waals surface area (Å²) in [6, 6.07) is 9.01. The summed E-state index contributed by atoms with van der Waals surface area (Å²) in [6.45, 7) is 8.00. The number of para-hydroxylation sites is 1. The van der Waals surface area contributed by atoms with E-state index in [-0.39, 0.29) is 11.8 Å². The molecule has 2 heterocycles. The molecule has 2 aliphatic rings. The third-order valence-electron chi connectivity index (χ3n) is 6.10. The second-order valence-corrected chi connectivity index (χ2v) is 8.18. The van der Waals surface area contributed by atoms with Crippen LogP contribution in [-0.2, 0) is 36.9 Å². The van der Waals surface area contributed by atoms with Crippen molar-refractivity contribution >= 4 is 17.5 Å². The van der Waals surface area contributed by atoms with E-state index in [4.69, 9.17) is 23.7 Å². The lowest BCUT2D eigenvalue weighted by Crippen LogP contribution is -2.29. The molecule has 0 saturated carbocycles. The molecular weight excluding hydrogens is 438 g/mol. The van der Waals surface area contributed by atoms with Crippen LogP contribution in [0, 0.1) is 13.8 Å². The van der Waals surface area contributed by atoms with Crippen LogP contribution >= 0.6 is 0 Å². The molecule has 2 amide bonds. The predicted octanol–water partition coefficient (Wildman–Crippen LogP) is 3.20. The molecule has 8 heteroatoms. The van der Waals surface area contributed by atoms with E-state index in [1.165, 1.54) is 4.90 Å². The van der Waals surface area contributed by atoms with Crippen LogP contribution in [0.4, 0.5) is 5.69 Å². The second-order valence-electron chi connectivity index (χ2n) is 8.18. The van der Waals surface area contributed by atoms with E-state index in [1.807, 2.05) is 32.0 Å². The van der Waals surface area contributed by atoms with Gasteiger partial charge >= 0.3 is 0 Å². The Kier molecular flexibility index (Phi) is 8.42. The molecule has 8 nitrogen and oxygen atoms in total. The first-order valence-electron chi connectivity index (χ1n) is 11.6. The number of hydrogen-bond donors (Lipinski definition) is 0. The van der Waals surface area contributed by atoms with Crippen molar-refractivity contribution in [2.45, 2.75) is 27.1 Å². The molecule has 2 aromatic carbocycles. The lowest BCUT2D eigenvalue weighted by Gasteiger charge is -2.19. The summed E-state index contributed by atoms with van der Waals surface area (Å²) in [4.78, 5) is 28.1. The molecule has 34 heavy (non-hydrogen) atoms. The van der Waals surface area contributed by atoms with Gasteiger partial charge in [-0.3, -0.25) is 9.59 Å². The van der Waals surface area contributed by atoms with E-state index in [0.717, 1.165) is 22.3 Å². The van der Waals surface area contributed by atoms with Crippen molar-refractivity contribution in [3.05, 3.63) is 63.7 Å². The number of rotatable bonds is 1. The van der Waals surface area contributed by atoms with Crippen molar-refractivity contribution in [2.75, 3.05) is 57.8 Å². The van der Waals surface area contributed by atoms with Gasteiger partial charge in [0.15, 0.2) is 0 Å². The van der Waals surface area contributed by atoms with E-state index in [2.05, 4.69) is 0 Å². The number of carbonyl (C=O) groups is 2. The Morgan fingerprint density at radius 2 is 0.971 bits per heavy atom. The first kappa shape index (κ1) is 24.5. The first-order chi connectivity index (χ1) is 16.6. The molecule has 0 bridgehead atoms. The summed E-state index contributed by atoms with van der Waals surface area (Å²) in [7, 11) is 0. The van der Waals surface area contributed by atoms with Crippen LogP contribution in [-0.4, -0.2) is 64.7 Å². The van der Waals surface area contributed by atoms with Gasteiger partial charge in [0.1, 0.15) is 0 Å². The van der Waals surface area contributed by atoms with E-state index >= 15 is 0 Å². The largest absolute Gasteiger partial charge is 0.377 e. The van der Waals surface area contributed by atoms with Crippen molar-refractivity contribution in [1.82, 2.24) is 0 Å². The van der Waals surface area contributed by atoms with Gasteiger partial charge in [0.25, 0.3) is 11.8 Å². The summed E-state index contributed by atoms with van der Waals surface area (Å²) in [5.41, 5.74) is 4.69. The normalized spacial score (nSPS) is 18.9. The van der Waals surface area contributed by atoms with Gasteiger partial charge in [0.05, 0.1) is 82.9 Å². The van der Waals surface area contributed by atoms with Crippen LogP contribution in [0.1, 0.15) is 43.0 Å². The highest BCUT2D eigenvalue weighted by Gasteiger charge is 2.41. The summed E-state index contributed by atoms with van der Waals surface area (Å²) in [5, 5.41) is 0. The number of ether oxygens (including phenoxy) is 5. The zero-order valence-electron chi connectivity index (χ0n) is 19.8. The van der Waals surface area contributed by atoms with Gasteiger partial charge in [-0.15, -0.1) is 0 Å². The maximum Gasteiger partial charge on any atom is 0.266 e. The Morgan fingerprint density at radius 3 is 1.38 bits per heavy atom. The third kappa shape index (κ3) is 5.21. The number of nitrogens with zero attached hydrogens (tertiary/aromatic N) is 1. The molecule has 0 saturated heterocycles. The van der Waals surface area contributed by atoms with Crippen LogP contribution in [0.25, 0.3) is 0 Å². The zero-order valence-corrected chi connectivity index (χ0v) is 19.8. The zero-order chi connectivity index (χ0) is 23.9. The van der Waals surface area contributed by atoms with Crippen molar-refractivity contribution in [3.63, 3.8) is 0 Å². The molecular formula is C26H31NO7. The molecule has 2 aliphatic heterocycles. The highest BCUT2D eigenvalue weighted by Crippen LogP contribution is 2.37. The summed E-state index contributed by atoms with van der Waals surface area (Å²) in [6.07, 6.45) is 0. The van der Waals surface area contributed by atoms with Crippen molar-refractivity contribution < 1.29 is 33.3 Å². The molecule has 2 aromatic rings. The molecule has 0 unspecified atom stereocenters. The van der Waals surface area contributed by atoms with Gasteiger partial charge in [-0.25, -0.2) is 4.90 Å². The minimum atomic E-state index is -0.310. The molecule has 0 N–H and O–H groups in total. The Bertz CT molecular complexity index is 961. The minimum absolute atomic E-state index is 0.293. The Morgan fingerprint density at radius 1 is 0.588 bits per heavy atom. The number of imide groups is 1. The van der Waals surface area contributed by atoms with Crippen LogP contribution in [0.2, 0.25) is 0 Å². The van der Waals surface area contributed by atoms with Crippen LogP contribution in [0.3, 0.4) is 0 Å². The number of carbonyl (C=O) groups excluding carboxylic acids is 2. The fraction of sp³-hybridized carbons (Fsp3) is 0.462. The average molecular weight is 470 g/mol. The van der Waals surface area contributed by atoms with Crippen LogP contribution in [0.15, 0.2) is 30.3 Å². The molecule has 0 atom stereocenters. The molecule has 0 spiro atoms. The maximum absolute atomic E-state index is 13.4. The maximum atomic E-state index is 13.4. The van der Waals surface area contributed by atoms with Crippen LogP contribution < -0.4 is 4.90 Å². The lowest BCUT2D eigenvalue weighted by atomic mass is 9.89. The van der Waals surface area contributed by atoms with Crippen molar-refractivity contribution in [2.24, 2.45) is 0 Å². The standard InChI is InChI=1S/C26H31NO7/c1-18-21-16-33-14-12-31-10-8-30-9-11-32-13-15-34-17-22(21)19(2)24-23(18)25(28)27(26(24)29)20-6-4-3-5-7-20/h3-7H,8-17H2,1-2H3.